The van der Waals surface area contributed by atoms with E-state index in [9.17, 15) is 4.79 Å². The highest BCUT2D eigenvalue weighted by Gasteiger charge is 2.22. The van der Waals surface area contributed by atoms with Gasteiger partial charge < -0.3 is 15.0 Å². The predicted molar refractivity (Wildman–Crippen MR) is 110 cm³/mol. The average Bonchev–Trinajstić information content (AvgIpc) is 2.75. The van der Waals surface area contributed by atoms with Crippen molar-refractivity contribution in [3.05, 3.63) is 59.8 Å². The molecule has 0 saturated carbocycles. The number of ether oxygens (including phenoxy) is 1. The lowest BCUT2D eigenvalue weighted by Crippen LogP contribution is -2.48. The van der Waals surface area contributed by atoms with E-state index in [1.54, 1.807) is 19.2 Å². The summed E-state index contributed by atoms with van der Waals surface area (Å²) in [6, 6.07) is 13.8. The van der Waals surface area contributed by atoms with Gasteiger partial charge in [-0.3, -0.25) is 9.69 Å². The highest BCUT2D eigenvalue weighted by molar-refractivity contribution is 5.92. The lowest BCUT2D eigenvalue weighted by Gasteiger charge is -2.33. The summed E-state index contributed by atoms with van der Waals surface area (Å²) in [7, 11) is 1.65. The molecule has 1 aliphatic rings. The minimum absolute atomic E-state index is 0.0598. The Kier molecular flexibility index (Phi) is 7.52. The van der Waals surface area contributed by atoms with Gasteiger partial charge in [0.15, 0.2) is 5.69 Å². The summed E-state index contributed by atoms with van der Waals surface area (Å²) in [5.41, 5.74) is 1.59. The van der Waals surface area contributed by atoms with Gasteiger partial charge in [-0.25, -0.2) is 0 Å². The van der Waals surface area contributed by atoms with E-state index in [2.05, 4.69) is 44.7 Å². The number of anilines is 1. The lowest BCUT2D eigenvalue weighted by atomic mass is 10.2. The summed E-state index contributed by atoms with van der Waals surface area (Å²) >= 11 is 0. The van der Waals surface area contributed by atoms with Crippen LogP contribution in [0.15, 0.2) is 48.5 Å². The fourth-order valence-electron chi connectivity index (χ4n) is 3.02. The van der Waals surface area contributed by atoms with Crippen LogP contribution in [0.5, 0.6) is 0 Å². The highest BCUT2D eigenvalue weighted by atomic mass is 16.5. The third-order valence-electron chi connectivity index (χ3n) is 4.63. The maximum absolute atomic E-state index is 12.6. The van der Waals surface area contributed by atoms with Gasteiger partial charge in [0.2, 0.25) is 0 Å². The number of hydrogen-bond donors (Lipinski definition) is 1. The molecular weight excluding hydrogens is 354 g/mol. The molecule has 0 bridgehead atoms. The monoisotopic (exact) mass is 381 g/mol. The first-order chi connectivity index (χ1) is 13.8. The number of aromatic nitrogens is 2. The van der Waals surface area contributed by atoms with E-state index in [-0.39, 0.29) is 5.91 Å². The second kappa shape index (κ2) is 10.5. The molecule has 0 atom stereocenters. The molecule has 2 aromatic rings. The summed E-state index contributed by atoms with van der Waals surface area (Å²) < 4.78 is 4.98. The van der Waals surface area contributed by atoms with Crippen molar-refractivity contribution in [3.8, 4) is 0 Å². The van der Waals surface area contributed by atoms with E-state index < -0.39 is 0 Å². The molecule has 1 aromatic carbocycles. The standard InChI is InChI=1S/C21H27N5O2/c1-28-17-11-22-20-10-9-19(23-24-20)21(27)26-15-13-25(14-16-26)12-5-8-18-6-3-2-4-7-18/h2-10H,11-17H2,1H3,(H,22,24)/b8-5+. The number of piperazine rings is 1. The summed E-state index contributed by atoms with van der Waals surface area (Å²) in [5.74, 6) is 0.582. The molecule has 2 heterocycles. The summed E-state index contributed by atoms with van der Waals surface area (Å²) in [4.78, 5) is 16.8. The van der Waals surface area contributed by atoms with E-state index in [0.29, 0.717) is 37.8 Å². The average molecular weight is 381 g/mol. The Balaban J connectivity index is 1.44. The number of hydrogen-bond acceptors (Lipinski definition) is 6. The van der Waals surface area contributed by atoms with Gasteiger partial charge in [-0.15, -0.1) is 10.2 Å². The zero-order valence-electron chi connectivity index (χ0n) is 16.3. The first-order valence-electron chi connectivity index (χ1n) is 9.56. The minimum atomic E-state index is -0.0598. The molecule has 28 heavy (non-hydrogen) atoms. The Bertz CT molecular complexity index is 756. The molecule has 1 aliphatic heterocycles. The molecule has 1 amide bonds. The predicted octanol–water partition coefficient (Wildman–Crippen LogP) is 2.01. The van der Waals surface area contributed by atoms with E-state index in [0.717, 1.165) is 19.6 Å². The fraction of sp³-hybridized carbons (Fsp3) is 0.381. The van der Waals surface area contributed by atoms with Crippen molar-refractivity contribution in [2.75, 3.05) is 58.3 Å². The maximum atomic E-state index is 12.6. The van der Waals surface area contributed by atoms with E-state index in [1.165, 1.54) is 5.56 Å². The molecule has 1 N–H and O–H groups in total. The van der Waals surface area contributed by atoms with Crippen LogP contribution in [-0.4, -0.2) is 78.9 Å². The van der Waals surface area contributed by atoms with Crippen LogP contribution in [0.1, 0.15) is 16.1 Å². The molecular formula is C21H27N5O2. The number of nitrogens with one attached hydrogen (secondary N) is 1. The van der Waals surface area contributed by atoms with Gasteiger partial charge in [0.25, 0.3) is 5.91 Å². The largest absolute Gasteiger partial charge is 0.383 e. The quantitative estimate of drug-likeness (QED) is 0.706. The Hall–Kier alpha value is -2.77. The third kappa shape index (κ3) is 5.87. The van der Waals surface area contributed by atoms with Crippen molar-refractivity contribution in [1.82, 2.24) is 20.0 Å². The first-order valence-corrected chi connectivity index (χ1v) is 9.56. The number of amides is 1. The number of methoxy groups -OCH3 is 1. The molecule has 0 spiro atoms. The second-order valence-corrected chi connectivity index (χ2v) is 6.63. The molecule has 0 radical (unpaired) electrons. The van der Waals surface area contributed by atoms with Crippen molar-refractivity contribution in [2.24, 2.45) is 0 Å². The van der Waals surface area contributed by atoms with Gasteiger partial charge in [0.05, 0.1) is 6.61 Å². The molecule has 3 rings (SSSR count). The van der Waals surface area contributed by atoms with E-state index in [4.69, 9.17) is 4.74 Å². The summed E-state index contributed by atoms with van der Waals surface area (Å²) in [5, 5.41) is 11.2. The number of benzene rings is 1. The Morgan fingerprint density at radius 1 is 1.11 bits per heavy atom. The number of rotatable bonds is 8. The lowest BCUT2D eigenvalue weighted by molar-refractivity contribution is 0.0643. The van der Waals surface area contributed by atoms with Crippen LogP contribution >= 0.6 is 0 Å². The molecule has 1 saturated heterocycles. The first kappa shape index (κ1) is 20.0. The van der Waals surface area contributed by atoms with Gasteiger partial charge in [-0.2, -0.15) is 0 Å². The number of carbonyl (C=O) groups excluding carboxylic acids is 1. The van der Waals surface area contributed by atoms with Gasteiger partial charge in [0, 0.05) is 46.4 Å². The normalized spacial score (nSPS) is 15.1. The fourth-order valence-corrected chi connectivity index (χ4v) is 3.02. The maximum Gasteiger partial charge on any atom is 0.274 e. The molecule has 148 valence electrons. The van der Waals surface area contributed by atoms with Crippen molar-refractivity contribution in [2.45, 2.75) is 0 Å². The molecule has 1 fully saturated rings. The van der Waals surface area contributed by atoms with Gasteiger partial charge in [0.1, 0.15) is 5.82 Å². The van der Waals surface area contributed by atoms with Gasteiger partial charge in [-0.1, -0.05) is 42.5 Å². The molecule has 0 unspecified atom stereocenters. The zero-order valence-corrected chi connectivity index (χ0v) is 16.3. The van der Waals surface area contributed by atoms with Gasteiger partial charge in [-0.05, 0) is 17.7 Å². The van der Waals surface area contributed by atoms with E-state index >= 15 is 0 Å². The van der Waals surface area contributed by atoms with Crippen LogP contribution in [0.25, 0.3) is 6.08 Å². The summed E-state index contributed by atoms with van der Waals surface area (Å²) in [6.07, 6.45) is 4.31. The Morgan fingerprint density at radius 3 is 2.57 bits per heavy atom. The summed E-state index contributed by atoms with van der Waals surface area (Å²) in [6.45, 7) is 5.25. The SMILES string of the molecule is COCCNc1ccc(C(=O)N2CCN(C/C=C/c3ccccc3)CC2)nn1. The second-order valence-electron chi connectivity index (χ2n) is 6.63. The molecule has 7 heteroatoms. The van der Waals surface area contributed by atoms with Crippen LogP contribution in [0, 0.1) is 0 Å². The smallest absolute Gasteiger partial charge is 0.274 e. The van der Waals surface area contributed by atoms with Crippen LogP contribution in [-0.2, 0) is 4.74 Å². The van der Waals surface area contributed by atoms with Crippen LogP contribution in [0.3, 0.4) is 0 Å². The number of carbonyl (C=O) groups is 1. The van der Waals surface area contributed by atoms with Crippen molar-refractivity contribution in [1.29, 1.82) is 0 Å². The zero-order chi connectivity index (χ0) is 19.6. The van der Waals surface area contributed by atoms with Crippen LogP contribution < -0.4 is 5.32 Å². The molecule has 1 aromatic heterocycles. The molecule has 7 nitrogen and oxygen atoms in total. The van der Waals surface area contributed by atoms with Crippen LogP contribution in [0.2, 0.25) is 0 Å². The van der Waals surface area contributed by atoms with Gasteiger partial charge >= 0.3 is 0 Å². The highest BCUT2D eigenvalue weighted by Crippen LogP contribution is 2.09. The van der Waals surface area contributed by atoms with E-state index in [1.807, 2.05) is 23.1 Å². The minimum Gasteiger partial charge on any atom is -0.383 e. The van der Waals surface area contributed by atoms with Crippen molar-refractivity contribution in [3.63, 3.8) is 0 Å². The Morgan fingerprint density at radius 2 is 1.89 bits per heavy atom. The van der Waals surface area contributed by atoms with Crippen LogP contribution in [0.4, 0.5) is 5.82 Å². The molecule has 0 aliphatic carbocycles. The Labute approximate surface area is 166 Å². The van der Waals surface area contributed by atoms with Crippen molar-refractivity contribution >= 4 is 17.8 Å². The van der Waals surface area contributed by atoms with Crippen molar-refractivity contribution < 1.29 is 9.53 Å². The number of nitrogens with zero attached hydrogens (tertiary/aromatic N) is 4. The third-order valence-corrected chi connectivity index (χ3v) is 4.63. The topological polar surface area (TPSA) is 70.6 Å².